The van der Waals surface area contributed by atoms with Crippen molar-refractivity contribution in [3.8, 4) is 6.07 Å². The zero-order chi connectivity index (χ0) is 21.5. The van der Waals surface area contributed by atoms with Crippen LogP contribution >= 0.6 is 0 Å². The van der Waals surface area contributed by atoms with Crippen LogP contribution in [0.4, 0.5) is 5.69 Å². The van der Waals surface area contributed by atoms with E-state index in [-0.39, 0.29) is 37.6 Å². The number of anilines is 1. The maximum atomic E-state index is 12.2. The molecule has 1 N–H and O–H groups in total. The topological polar surface area (TPSA) is 117 Å². The molecule has 8 nitrogen and oxygen atoms in total. The molecule has 0 aliphatic carbocycles. The Labute approximate surface area is 173 Å². The summed E-state index contributed by atoms with van der Waals surface area (Å²) in [7, 11) is 0. The fourth-order valence-corrected chi connectivity index (χ4v) is 3.04. The zero-order valence-electron chi connectivity index (χ0n) is 16.1. The quantitative estimate of drug-likeness (QED) is 0.532. The molecule has 0 unspecified atom stereocenters. The predicted octanol–water partition coefficient (Wildman–Crippen LogP) is 2.31. The van der Waals surface area contributed by atoms with Crippen molar-refractivity contribution in [3.63, 3.8) is 0 Å². The molecule has 8 heteroatoms. The highest BCUT2D eigenvalue weighted by molar-refractivity contribution is 6.21. The van der Waals surface area contributed by atoms with Crippen LogP contribution in [0.25, 0.3) is 0 Å². The highest BCUT2D eigenvalue weighted by atomic mass is 16.5. The molecule has 1 aliphatic heterocycles. The number of benzene rings is 2. The Bertz CT molecular complexity index is 989. The number of carbonyl (C=O) groups is 4. The number of nitriles is 1. The van der Waals surface area contributed by atoms with Crippen LogP contribution in [0.3, 0.4) is 0 Å². The van der Waals surface area contributed by atoms with Gasteiger partial charge in [0.25, 0.3) is 17.7 Å². The SMILES string of the molecule is N#CCc1ccc(NC(=O)COC(=O)CCCN2C(=O)c3ccccc3C2=O)cc1. The van der Waals surface area contributed by atoms with Gasteiger partial charge in [-0.2, -0.15) is 5.26 Å². The summed E-state index contributed by atoms with van der Waals surface area (Å²) >= 11 is 0. The van der Waals surface area contributed by atoms with Crippen molar-refractivity contribution < 1.29 is 23.9 Å². The van der Waals surface area contributed by atoms with Crippen LogP contribution < -0.4 is 5.32 Å². The highest BCUT2D eigenvalue weighted by Gasteiger charge is 2.34. The molecule has 0 spiro atoms. The van der Waals surface area contributed by atoms with Crippen LogP contribution in [0, 0.1) is 11.3 Å². The number of hydrogen-bond acceptors (Lipinski definition) is 6. The molecule has 2 aromatic rings. The summed E-state index contributed by atoms with van der Waals surface area (Å²) in [6.07, 6.45) is 0.502. The molecule has 2 aromatic carbocycles. The van der Waals surface area contributed by atoms with E-state index in [2.05, 4.69) is 5.32 Å². The van der Waals surface area contributed by atoms with E-state index in [1.165, 1.54) is 0 Å². The van der Waals surface area contributed by atoms with Gasteiger partial charge in [0, 0.05) is 18.7 Å². The van der Waals surface area contributed by atoms with Gasteiger partial charge in [-0.1, -0.05) is 24.3 Å². The van der Waals surface area contributed by atoms with E-state index in [1.54, 1.807) is 48.5 Å². The lowest BCUT2D eigenvalue weighted by Gasteiger charge is -2.13. The standard InChI is InChI=1S/C22H19N3O5/c23-12-11-15-7-9-16(10-8-15)24-19(26)14-30-20(27)6-3-13-25-21(28)17-4-1-2-5-18(17)22(25)29/h1-2,4-5,7-10H,3,6,11,13-14H2,(H,24,26). The van der Waals surface area contributed by atoms with Crippen molar-refractivity contribution in [1.29, 1.82) is 5.26 Å². The van der Waals surface area contributed by atoms with E-state index in [0.29, 0.717) is 16.8 Å². The summed E-state index contributed by atoms with van der Waals surface area (Å²) in [6.45, 7) is -0.339. The Balaban J connectivity index is 1.38. The average Bonchev–Trinajstić information content (AvgIpc) is 2.99. The fourth-order valence-electron chi connectivity index (χ4n) is 3.04. The van der Waals surface area contributed by atoms with Crippen molar-refractivity contribution in [2.45, 2.75) is 19.3 Å². The summed E-state index contributed by atoms with van der Waals surface area (Å²) in [5, 5.41) is 11.2. The lowest BCUT2D eigenvalue weighted by molar-refractivity contribution is -0.147. The summed E-state index contributed by atoms with van der Waals surface area (Å²) in [5.41, 5.74) is 2.09. The Kier molecular flexibility index (Phi) is 6.55. The number of rotatable bonds is 8. The van der Waals surface area contributed by atoms with Gasteiger partial charge in [-0.25, -0.2) is 0 Å². The first-order chi connectivity index (χ1) is 14.5. The summed E-state index contributed by atoms with van der Waals surface area (Å²) in [4.78, 5) is 49.3. The second kappa shape index (κ2) is 9.47. The molecule has 0 atom stereocenters. The van der Waals surface area contributed by atoms with E-state index in [4.69, 9.17) is 10.00 Å². The fraction of sp³-hybridized carbons (Fsp3) is 0.227. The molecule has 30 heavy (non-hydrogen) atoms. The van der Waals surface area contributed by atoms with Crippen molar-refractivity contribution in [2.24, 2.45) is 0 Å². The molecule has 1 heterocycles. The van der Waals surface area contributed by atoms with Gasteiger partial charge in [0.05, 0.1) is 23.6 Å². The summed E-state index contributed by atoms with van der Waals surface area (Å²) in [6, 6.07) is 15.4. The first kappa shape index (κ1) is 20.7. The van der Waals surface area contributed by atoms with Crippen LogP contribution in [0.2, 0.25) is 0 Å². The number of fused-ring (bicyclic) bond motifs is 1. The molecule has 0 radical (unpaired) electrons. The number of nitrogens with one attached hydrogen (secondary N) is 1. The number of ether oxygens (including phenoxy) is 1. The Hall–Kier alpha value is -3.99. The first-order valence-corrected chi connectivity index (χ1v) is 9.36. The van der Waals surface area contributed by atoms with Gasteiger partial charge >= 0.3 is 5.97 Å². The van der Waals surface area contributed by atoms with Gasteiger partial charge < -0.3 is 10.1 Å². The third-order valence-electron chi connectivity index (χ3n) is 4.53. The molecular weight excluding hydrogens is 386 g/mol. The van der Waals surface area contributed by atoms with E-state index in [0.717, 1.165) is 10.5 Å². The molecule has 0 aromatic heterocycles. The monoisotopic (exact) mass is 405 g/mol. The minimum atomic E-state index is -0.592. The maximum absolute atomic E-state index is 12.2. The molecule has 3 amide bonds. The van der Waals surface area contributed by atoms with Gasteiger partial charge in [-0.3, -0.25) is 24.1 Å². The van der Waals surface area contributed by atoms with Crippen molar-refractivity contribution in [3.05, 3.63) is 65.2 Å². The van der Waals surface area contributed by atoms with E-state index < -0.39 is 18.5 Å². The minimum Gasteiger partial charge on any atom is -0.456 e. The second-order valence-electron chi connectivity index (χ2n) is 6.65. The summed E-state index contributed by atoms with van der Waals surface area (Å²) < 4.78 is 4.94. The molecule has 0 fully saturated rings. The van der Waals surface area contributed by atoms with E-state index in [9.17, 15) is 19.2 Å². The van der Waals surface area contributed by atoms with Crippen molar-refractivity contribution >= 4 is 29.4 Å². The minimum absolute atomic E-state index is 0.0243. The van der Waals surface area contributed by atoms with Gasteiger partial charge in [-0.05, 0) is 36.2 Å². The van der Waals surface area contributed by atoms with Crippen molar-refractivity contribution in [2.75, 3.05) is 18.5 Å². The van der Waals surface area contributed by atoms with Crippen LogP contribution in [-0.2, 0) is 20.7 Å². The highest BCUT2D eigenvalue weighted by Crippen LogP contribution is 2.22. The molecule has 0 saturated carbocycles. The molecule has 3 rings (SSSR count). The molecule has 1 aliphatic rings. The Morgan fingerprint density at radius 1 is 1.00 bits per heavy atom. The lowest BCUT2D eigenvalue weighted by Crippen LogP contribution is -2.31. The molecule has 0 saturated heterocycles. The number of esters is 1. The summed E-state index contributed by atoms with van der Waals surface area (Å²) in [5.74, 6) is -1.82. The predicted molar refractivity (Wildman–Crippen MR) is 106 cm³/mol. The van der Waals surface area contributed by atoms with Crippen LogP contribution in [0.5, 0.6) is 0 Å². The second-order valence-corrected chi connectivity index (χ2v) is 6.65. The van der Waals surface area contributed by atoms with Crippen LogP contribution in [0.1, 0.15) is 39.1 Å². The molecular formula is C22H19N3O5. The van der Waals surface area contributed by atoms with E-state index >= 15 is 0 Å². The number of carbonyl (C=O) groups excluding carboxylic acids is 4. The third-order valence-corrected chi connectivity index (χ3v) is 4.53. The lowest BCUT2D eigenvalue weighted by atomic mass is 10.1. The van der Waals surface area contributed by atoms with E-state index in [1.807, 2.05) is 6.07 Å². The number of hydrogen-bond donors (Lipinski definition) is 1. The average molecular weight is 405 g/mol. The number of nitrogens with zero attached hydrogens (tertiary/aromatic N) is 2. The van der Waals surface area contributed by atoms with Gasteiger partial charge in [0.2, 0.25) is 0 Å². The van der Waals surface area contributed by atoms with Crippen LogP contribution in [-0.4, -0.2) is 41.7 Å². The van der Waals surface area contributed by atoms with Gasteiger partial charge in [-0.15, -0.1) is 0 Å². The zero-order valence-corrected chi connectivity index (χ0v) is 16.1. The normalized spacial score (nSPS) is 12.3. The first-order valence-electron chi connectivity index (χ1n) is 9.36. The Morgan fingerprint density at radius 3 is 2.23 bits per heavy atom. The molecule has 152 valence electrons. The number of imide groups is 1. The molecule has 0 bridgehead atoms. The Morgan fingerprint density at radius 2 is 1.63 bits per heavy atom. The van der Waals surface area contributed by atoms with Crippen LogP contribution in [0.15, 0.2) is 48.5 Å². The van der Waals surface area contributed by atoms with Gasteiger partial charge in [0.15, 0.2) is 6.61 Å². The van der Waals surface area contributed by atoms with Crippen molar-refractivity contribution in [1.82, 2.24) is 4.90 Å². The maximum Gasteiger partial charge on any atom is 0.306 e. The van der Waals surface area contributed by atoms with Gasteiger partial charge in [0.1, 0.15) is 0 Å². The largest absolute Gasteiger partial charge is 0.456 e. The third kappa shape index (κ3) is 4.89. The number of amides is 3. The smallest absolute Gasteiger partial charge is 0.306 e.